The van der Waals surface area contributed by atoms with E-state index >= 15 is 0 Å². The number of anilines is 2. The van der Waals surface area contributed by atoms with Crippen molar-refractivity contribution in [1.82, 2.24) is 15.5 Å². The van der Waals surface area contributed by atoms with Crippen LogP contribution in [-0.2, 0) is 14.4 Å². The molecule has 2 aromatic rings. The zero-order valence-electron chi connectivity index (χ0n) is 22.0. The Morgan fingerprint density at radius 1 is 1.11 bits per heavy atom. The van der Waals surface area contributed by atoms with Crippen molar-refractivity contribution in [2.45, 2.75) is 64.4 Å². The van der Waals surface area contributed by atoms with E-state index in [0.717, 1.165) is 19.4 Å². The molecule has 1 aliphatic rings. The number of rotatable bonds is 14. The lowest BCUT2D eigenvalue weighted by atomic mass is 10.1. The van der Waals surface area contributed by atoms with Gasteiger partial charge in [-0.15, -0.1) is 0 Å². The number of carboxylic acids is 1. The van der Waals surface area contributed by atoms with Crippen LogP contribution < -0.4 is 20.3 Å². The Morgan fingerprint density at radius 3 is 2.37 bits per heavy atom. The second-order valence-electron chi connectivity index (χ2n) is 9.30. The number of ether oxygens (including phenoxy) is 1. The average Bonchev–Trinajstić information content (AvgIpc) is 3.42. The molecule has 1 heterocycles. The van der Waals surface area contributed by atoms with Gasteiger partial charge in [0, 0.05) is 24.3 Å². The highest BCUT2D eigenvalue weighted by Crippen LogP contribution is 2.30. The van der Waals surface area contributed by atoms with Crippen LogP contribution in [0, 0.1) is 0 Å². The predicted molar refractivity (Wildman–Crippen MR) is 144 cm³/mol. The molecule has 1 saturated heterocycles. The first-order chi connectivity index (χ1) is 18.3. The smallest absolute Gasteiger partial charge is 0.303 e. The first kappa shape index (κ1) is 28.9. The van der Waals surface area contributed by atoms with E-state index < -0.39 is 24.1 Å². The molecule has 10 heteroatoms. The van der Waals surface area contributed by atoms with Crippen molar-refractivity contribution in [3.63, 3.8) is 0 Å². The van der Waals surface area contributed by atoms with Gasteiger partial charge in [-0.05, 0) is 76.1 Å². The minimum Gasteiger partial charge on any atom is -0.494 e. The summed E-state index contributed by atoms with van der Waals surface area (Å²) in [5.74, 6) is -1.000. The third-order valence-electron chi connectivity index (χ3n) is 6.26. The number of aliphatic carboxylic acids is 1. The molecule has 0 saturated carbocycles. The number of benzene rings is 2. The molecule has 10 nitrogen and oxygen atoms in total. The predicted octanol–water partition coefficient (Wildman–Crippen LogP) is 2.84. The van der Waals surface area contributed by atoms with Crippen molar-refractivity contribution in [2.75, 3.05) is 24.6 Å². The molecule has 206 valence electrons. The van der Waals surface area contributed by atoms with Crippen molar-refractivity contribution in [3.8, 4) is 5.75 Å². The van der Waals surface area contributed by atoms with Crippen molar-refractivity contribution < 1.29 is 29.3 Å². The number of carboxylic acid groups (broad SMARTS) is 1. The summed E-state index contributed by atoms with van der Waals surface area (Å²) in [5, 5.41) is 24.8. The zero-order valence-corrected chi connectivity index (χ0v) is 22.0. The van der Waals surface area contributed by atoms with Gasteiger partial charge in [0.2, 0.25) is 5.91 Å². The average molecular weight is 527 g/mol. The molecule has 3 unspecified atom stereocenters. The topological polar surface area (TPSA) is 131 Å². The molecular weight excluding hydrogens is 488 g/mol. The van der Waals surface area contributed by atoms with E-state index in [9.17, 15) is 19.5 Å². The summed E-state index contributed by atoms with van der Waals surface area (Å²) in [6, 6.07) is 16.4. The van der Waals surface area contributed by atoms with E-state index in [4.69, 9.17) is 9.84 Å². The van der Waals surface area contributed by atoms with E-state index in [0.29, 0.717) is 30.1 Å². The lowest BCUT2D eigenvalue weighted by molar-refractivity contribution is -0.138. The molecule has 3 atom stereocenters. The molecule has 0 spiro atoms. The van der Waals surface area contributed by atoms with Gasteiger partial charge in [-0.1, -0.05) is 18.2 Å². The number of nitrogens with zero attached hydrogens (tertiary/aromatic N) is 2. The lowest BCUT2D eigenvalue weighted by Gasteiger charge is -2.38. The van der Waals surface area contributed by atoms with E-state index in [1.165, 1.54) is 6.92 Å². The van der Waals surface area contributed by atoms with Gasteiger partial charge < -0.3 is 30.1 Å². The second-order valence-corrected chi connectivity index (χ2v) is 9.30. The molecule has 0 aliphatic carbocycles. The first-order valence-corrected chi connectivity index (χ1v) is 13.1. The van der Waals surface area contributed by atoms with Gasteiger partial charge in [0.1, 0.15) is 5.75 Å². The van der Waals surface area contributed by atoms with Crippen LogP contribution in [0.1, 0.15) is 46.0 Å². The van der Waals surface area contributed by atoms with Crippen molar-refractivity contribution in [1.29, 1.82) is 0 Å². The van der Waals surface area contributed by atoms with Crippen LogP contribution >= 0.6 is 0 Å². The quantitative estimate of drug-likeness (QED) is 0.218. The van der Waals surface area contributed by atoms with Crippen LogP contribution in [0.25, 0.3) is 0 Å². The van der Waals surface area contributed by atoms with Gasteiger partial charge in [0.25, 0.3) is 5.91 Å². The van der Waals surface area contributed by atoms with Gasteiger partial charge in [-0.25, -0.2) is 0 Å². The fourth-order valence-corrected chi connectivity index (χ4v) is 4.49. The number of aliphatic hydroxyl groups is 1. The minimum absolute atomic E-state index is 0.0274. The number of carbonyl (C=O) groups is 3. The van der Waals surface area contributed by atoms with Crippen LogP contribution in [0.3, 0.4) is 0 Å². The van der Waals surface area contributed by atoms with E-state index in [1.807, 2.05) is 37.3 Å². The monoisotopic (exact) mass is 526 g/mol. The third-order valence-corrected chi connectivity index (χ3v) is 6.26. The highest BCUT2D eigenvalue weighted by Gasteiger charge is 2.36. The Labute approximate surface area is 223 Å². The van der Waals surface area contributed by atoms with Crippen molar-refractivity contribution >= 4 is 29.2 Å². The zero-order chi connectivity index (χ0) is 27.5. The van der Waals surface area contributed by atoms with Gasteiger partial charge in [-0.2, -0.15) is 0 Å². The highest BCUT2D eigenvalue weighted by molar-refractivity contribution is 5.92. The van der Waals surface area contributed by atoms with Crippen molar-refractivity contribution in [3.05, 3.63) is 54.6 Å². The Bertz CT molecular complexity index is 1040. The summed E-state index contributed by atoms with van der Waals surface area (Å²) in [7, 11) is 0. The van der Waals surface area contributed by atoms with E-state index in [1.54, 1.807) is 34.1 Å². The number of hydrogen-bond acceptors (Lipinski definition) is 7. The van der Waals surface area contributed by atoms with Crippen LogP contribution in [-0.4, -0.2) is 71.0 Å². The number of aliphatic hydroxyl groups excluding tert-OH is 1. The number of nitrogens with one attached hydrogen (secondary N) is 2. The minimum atomic E-state index is -1.06. The Balaban J connectivity index is 1.95. The highest BCUT2D eigenvalue weighted by atomic mass is 16.5. The Morgan fingerprint density at radius 2 is 1.79 bits per heavy atom. The maximum Gasteiger partial charge on any atom is 0.303 e. The number of amides is 2. The fraction of sp³-hybridized carbons (Fsp3) is 0.464. The SMILES string of the molecule is CCN(C(=O)C(NC(=O)CC(C)O)N(c1ccccc1)c1ccc(OCCCC(=O)O)cc1)C1CCCN1. The molecule has 1 fully saturated rings. The molecule has 3 rings (SSSR count). The van der Waals surface area contributed by atoms with Crippen LogP contribution in [0.5, 0.6) is 5.75 Å². The standard InChI is InChI=1S/C28H38N4O6/c1-3-31(24-11-7-17-29-24)28(37)27(30-25(34)19-20(2)33)32(21-9-5-4-6-10-21)22-13-15-23(16-14-22)38-18-8-12-26(35)36/h4-6,9-10,13-16,20,24,27,29,33H,3,7-8,11-12,17-19H2,1-2H3,(H,30,34)(H,35,36). The number of likely N-dealkylation sites (N-methyl/N-ethyl adjacent to an activating group) is 1. The molecule has 0 radical (unpaired) electrons. The largest absolute Gasteiger partial charge is 0.494 e. The molecule has 38 heavy (non-hydrogen) atoms. The molecule has 1 aliphatic heterocycles. The van der Waals surface area contributed by atoms with Crippen LogP contribution in [0.2, 0.25) is 0 Å². The molecule has 2 aromatic carbocycles. The molecular formula is C28H38N4O6. The summed E-state index contributed by atoms with van der Waals surface area (Å²) in [5.41, 5.74) is 1.36. The van der Waals surface area contributed by atoms with Gasteiger partial charge in [0.15, 0.2) is 6.17 Å². The van der Waals surface area contributed by atoms with Crippen LogP contribution in [0.15, 0.2) is 54.6 Å². The maximum atomic E-state index is 14.1. The van der Waals surface area contributed by atoms with Crippen LogP contribution in [0.4, 0.5) is 11.4 Å². The summed E-state index contributed by atoms with van der Waals surface area (Å²) in [4.78, 5) is 41.2. The number of carbonyl (C=O) groups excluding carboxylic acids is 2. The van der Waals surface area contributed by atoms with Gasteiger partial charge in [-0.3, -0.25) is 19.7 Å². The summed E-state index contributed by atoms with van der Waals surface area (Å²) in [6.07, 6.45) is 0.0321. The van der Waals surface area contributed by atoms with Crippen molar-refractivity contribution in [2.24, 2.45) is 0 Å². The maximum absolute atomic E-state index is 14.1. The molecule has 4 N–H and O–H groups in total. The Hall–Kier alpha value is -3.63. The molecule has 0 aromatic heterocycles. The summed E-state index contributed by atoms with van der Waals surface area (Å²) >= 11 is 0. The summed E-state index contributed by atoms with van der Waals surface area (Å²) < 4.78 is 5.67. The van der Waals surface area contributed by atoms with E-state index in [2.05, 4.69) is 10.6 Å². The third kappa shape index (κ3) is 8.19. The van der Waals surface area contributed by atoms with E-state index in [-0.39, 0.29) is 31.5 Å². The fourth-order valence-electron chi connectivity index (χ4n) is 4.49. The number of para-hydroxylation sites is 1. The lowest BCUT2D eigenvalue weighted by Crippen LogP contribution is -2.59. The second kappa shape index (κ2) is 14.3. The Kier molecular flexibility index (Phi) is 10.9. The molecule has 2 amide bonds. The normalized spacial score (nSPS) is 16.3. The summed E-state index contributed by atoms with van der Waals surface area (Å²) in [6.45, 7) is 5.00. The molecule has 0 bridgehead atoms. The number of hydrogen-bond donors (Lipinski definition) is 4. The first-order valence-electron chi connectivity index (χ1n) is 13.1. The van der Waals surface area contributed by atoms with Gasteiger partial charge in [0.05, 0.1) is 25.3 Å². The van der Waals surface area contributed by atoms with Gasteiger partial charge >= 0.3 is 5.97 Å².